The number of hydrogen-bond donors (Lipinski definition) is 2. The topological polar surface area (TPSA) is 146 Å². The molecule has 0 aliphatic heterocycles. The number of alkyl carbamates (subject to hydrolysis) is 1. The maximum Gasteiger partial charge on any atom is 0.412 e. The standard InChI is InChI=1S/C34H39N3O8/c1-3-43-31(38)11-7-8-24-14-17-29(26-9-5-4-6-10-26)30(22-24)36-33(40)45-34(2)20-18-27(19-21-34)35-32(39)44-23-25-12-15-28(16-13-25)37(41)42/h4-6,9-10,12-17,22,27H,3,7-8,11,18-21,23H2,1-2H3,(H,35,39)(H,36,40)/t27-,34-. The van der Waals surface area contributed by atoms with Crippen LogP contribution in [0.15, 0.2) is 72.8 Å². The first-order valence-electron chi connectivity index (χ1n) is 15.1. The number of nitrogens with zero attached hydrogens (tertiary/aromatic N) is 1. The van der Waals surface area contributed by atoms with Crippen LogP contribution in [0.4, 0.5) is 21.0 Å². The summed E-state index contributed by atoms with van der Waals surface area (Å²) in [5, 5.41) is 16.6. The van der Waals surface area contributed by atoms with Gasteiger partial charge in [-0.15, -0.1) is 0 Å². The number of carbonyl (C=O) groups excluding carboxylic acids is 3. The normalized spacial score (nSPS) is 17.5. The average molecular weight is 618 g/mol. The number of aryl methyl sites for hydroxylation is 1. The number of nitrogens with one attached hydrogen (secondary N) is 2. The lowest BCUT2D eigenvalue weighted by atomic mass is 9.83. The molecule has 1 saturated carbocycles. The fraction of sp³-hybridized carbons (Fsp3) is 0.382. The molecule has 1 aliphatic rings. The maximum atomic E-state index is 13.2. The molecule has 45 heavy (non-hydrogen) atoms. The molecule has 238 valence electrons. The van der Waals surface area contributed by atoms with E-state index in [0.717, 1.165) is 16.7 Å². The molecule has 11 nitrogen and oxygen atoms in total. The first-order chi connectivity index (χ1) is 21.6. The van der Waals surface area contributed by atoms with Crippen LogP contribution in [0.25, 0.3) is 11.1 Å². The lowest BCUT2D eigenvalue weighted by molar-refractivity contribution is -0.384. The maximum absolute atomic E-state index is 13.2. The molecule has 11 heteroatoms. The van der Waals surface area contributed by atoms with E-state index in [-0.39, 0.29) is 24.3 Å². The number of carbonyl (C=O) groups is 3. The molecule has 0 bridgehead atoms. The quantitative estimate of drug-likeness (QED) is 0.0930. The molecule has 0 radical (unpaired) electrons. The predicted octanol–water partition coefficient (Wildman–Crippen LogP) is 7.32. The molecule has 1 aliphatic carbocycles. The molecule has 0 heterocycles. The van der Waals surface area contributed by atoms with Crippen molar-refractivity contribution >= 4 is 29.5 Å². The van der Waals surface area contributed by atoms with E-state index in [9.17, 15) is 24.5 Å². The molecule has 2 amide bonds. The Labute approximate surface area is 262 Å². The third-order valence-electron chi connectivity index (χ3n) is 7.78. The summed E-state index contributed by atoms with van der Waals surface area (Å²) in [6.45, 7) is 4.02. The second-order valence-corrected chi connectivity index (χ2v) is 11.3. The SMILES string of the molecule is CCOC(=O)CCCc1ccc(-c2ccccc2)c(NC(=O)O[C@]2(C)CC[C@@H](NC(=O)OCc3ccc([N+](=O)[O-])cc3)CC2)c1. The van der Waals surface area contributed by atoms with Crippen LogP contribution in [-0.4, -0.2) is 41.3 Å². The highest BCUT2D eigenvalue weighted by Crippen LogP contribution is 2.34. The van der Waals surface area contributed by atoms with E-state index in [1.807, 2.05) is 55.5 Å². The lowest BCUT2D eigenvalue weighted by Crippen LogP contribution is -2.44. The molecule has 3 aromatic rings. The zero-order chi connectivity index (χ0) is 32.2. The van der Waals surface area contributed by atoms with Crippen LogP contribution in [0.1, 0.15) is 63.5 Å². The van der Waals surface area contributed by atoms with Crippen molar-refractivity contribution in [2.45, 2.75) is 77.0 Å². The fourth-order valence-electron chi connectivity index (χ4n) is 5.29. The molecule has 0 atom stereocenters. The Morgan fingerprint density at radius 2 is 1.62 bits per heavy atom. The minimum Gasteiger partial charge on any atom is -0.466 e. The van der Waals surface area contributed by atoms with E-state index in [1.165, 1.54) is 12.1 Å². The Bertz CT molecular complexity index is 1470. The van der Waals surface area contributed by atoms with Gasteiger partial charge >= 0.3 is 18.2 Å². The lowest BCUT2D eigenvalue weighted by Gasteiger charge is -2.36. The highest BCUT2D eigenvalue weighted by atomic mass is 16.6. The highest BCUT2D eigenvalue weighted by Gasteiger charge is 2.35. The van der Waals surface area contributed by atoms with Crippen molar-refractivity contribution in [2.24, 2.45) is 0 Å². The van der Waals surface area contributed by atoms with Crippen molar-refractivity contribution in [3.63, 3.8) is 0 Å². The van der Waals surface area contributed by atoms with Crippen LogP contribution in [0, 0.1) is 10.1 Å². The zero-order valence-corrected chi connectivity index (χ0v) is 25.6. The second kappa shape index (κ2) is 15.7. The number of hydrogen-bond acceptors (Lipinski definition) is 8. The van der Waals surface area contributed by atoms with Gasteiger partial charge in [-0.1, -0.05) is 42.5 Å². The van der Waals surface area contributed by atoms with Gasteiger partial charge in [0.2, 0.25) is 0 Å². The fourth-order valence-corrected chi connectivity index (χ4v) is 5.29. The van der Waals surface area contributed by atoms with Crippen LogP contribution in [0.2, 0.25) is 0 Å². The van der Waals surface area contributed by atoms with E-state index in [1.54, 1.807) is 19.1 Å². The molecule has 0 aromatic heterocycles. The van der Waals surface area contributed by atoms with Crippen molar-refractivity contribution in [3.05, 3.63) is 94.0 Å². The van der Waals surface area contributed by atoms with Crippen molar-refractivity contribution in [1.29, 1.82) is 0 Å². The van der Waals surface area contributed by atoms with Gasteiger partial charge in [0.05, 0.1) is 17.2 Å². The predicted molar refractivity (Wildman–Crippen MR) is 169 cm³/mol. The van der Waals surface area contributed by atoms with Gasteiger partial charge in [0.15, 0.2) is 0 Å². The van der Waals surface area contributed by atoms with Crippen LogP contribution < -0.4 is 10.6 Å². The molecular weight excluding hydrogens is 578 g/mol. The largest absolute Gasteiger partial charge is 0.466 e. The highest BCUT2D eigenvalue weighted by molar-refractivity contribution is 5.92. The Morgan fingerprint density at radius 1 is 0.933 bits per heavy atom. The van der Waals surface area contributed by atoms with E-state index in [4.69, 9.17) is 14.2 Å². The van der Waals surface area contributed by atoms with Gasteiger partial charge in [-0.3, -0.25) is 20.2 Å². The Balaban J connectivity index is 1.29. The van der Waals surface area contributed by atoms with Crippen molar-refractivity contribution in [3.8, 4) is 11.1 Å². The summed E-state index contributed by atoms with van der Waals surface area (Å²) in [6.07, 6.45) is 2.77. The minimum absolute atomic E-state index is 0.00485. The van der Waals surface area contributed by atoms with Gasteiger partial charge in [0.25, 0.3) is 5.69 Å². The number of rotatable bonds is 12. The summed E-state index contributed by atoms with van der Waals surface area (Å²) in [6, 6.07) is 21.3. The van der Waals surface area contributed by atoms with Gasteiger partial charge in [0, 0.05) is 30.2 Å². The average Bonchev–Trinajstić information content (AvgIpc) is 3.02. The van der Waals surface area contributed by atoms with Crippen LogP contribution in [0.3, 0.4) is 0 Å². The molecule has 4 rings (SSSR count). The second-order valence-electron chi connectivity index (χ2n) is 11.3. The third-order valence-corrected chi connectivity index (χ3v) is 7.78. The van der Waals surface area contributed by atoms with Gasteiger partial charge in [-0.05, 0) is 87.3 Å². The monoisotopic (exact) mass is 617 g/mol. The van der Waals surface area contributed by atoms with E-state index in [2.05, 4.69) is 10.6 Å². The molecule has 0 unspecified atom stereocenters. The molecule has 2 N–H and O–H groups in total. The molecule has 3 aromatic carbocycles. The molecule has 1 fully saturated rings. The molecule has 0 saturated heterocycles. The first-order valence-corrected chi connectivity index (χ1v) is 15.1. The van der Waals surface area contributed by atoms with E-state index < -0.39 is 22.7 Å². The van der Waals surface area contributed by atoms with Gasteiger partial charge in [0.1, 0.15) is 12.2 Å². The third kappa shape index (κ3) is 10.1. The van der Waals surface area contributed by atoms with E-state index >= 15 is 0 Å². The zero-order valence-electron chi connectivity index (χ0n) is 25.6. The number of non-ortho nitro benzene ring substituents is 1. The number of nitro benzene ring substituents is 1. The Hall–Kier alpha value is -4.93. The minimum atomic E-state index is -0.713. The Morgan fingerprint density at radius 3 is 2.29 bits per heavy atom. The van der Waals surface area contributed by atoms with Crippen LogP contribution >= 0.6 is 0 Å². The summed E-state index contributed by atoms with van der Waals surface area (Å²) in [5.74, 6) is -0.224. The van der Waals surface area contributed by atoms with Crippen LogP contribution in [0.5, 0.6) is 0 Å². The number of amides is 2. The summed E-state index contributed by atoms with van der Waals surface area (Å²) in [5.41, 5.74) is 3.30. The van der Waals surface area contributed by atoms with Crippen molar-refractivity contribution in [2.75, 3.05) is 11.9 Å². The number of nitro groups is 1. The molecule has 0 spiro atoms. The number of ether oxygens (including phenoxy) is 3. The smallest absolute Gasteiger partial charge is 0.412 e. The first kappa shape index (κ1) is 33.0. The number of benzene rings is 3. The van der Waals surface area contributed by atoms with Gasteiger partial charge in [-0.2, -0.15) is 0 Å². The molecular formula is C34H39N3O8. The number of anilines is 1. The summed E-state index contributed by atoms with van der Waals surface area (Å²) >= 11 is 0. The van der Waals surface area contributed by atoms with Gasteiger partial charge < -0.3 is 19.5 Å². The summed E-state index contributed by atoms with van der Waals surface area (Å²) in [4.78, 5) is 47.6. The summed E-state index contributed by atoms with van der Waals surface area (Å²) < 4.78 is 16.2. The Kier molecular flexibility index (Phi) is 11.5. The van der Waals surface area contributed by atoms with Crippen molar-refractivity contribution < 1.29 is 33.5 Å². The number of esters is 1. The van der Waals surface area contributed by atoms with Gasteiger partial charge in [-0.25, -0.2) is 9.59 Å². The van der Waals surface area contributed by atoms with E-state index in [0.29, 0.717) is 62.8 Å². The summed E-state index contributed by atoms with van der Waals surface area (Å²) in [7, 11) is 0. The van der Waals surface area contributed by atoms with Crippen molar-refractivity contribution in [1.82, 2.24) is 5.32 Å². The van der Waals surface area contributed by atoms with Crippen LogP contribution in [-0.2, 0) is 32.0 Å².